The number of aromatic nitrogens is 2. The zero-order valence-electron chi connectivity index (χ0n) is 11.1. The van der Waals surface area contributed by atoms with E-state index in [9.17, 15) is 10.1 Å². The third kappa shape index (κ3) is 3.22. The lowest BCUT2D eigenvalue weighted by Gasteiger charge is -2.07. The fourth-order valence-corrected chi connectivity index (χ4v) is 1.69. The van der Waals surface area contributed by atoms with Gasteiger partial charge in [-0.15, -0.1) is 0 Å². The van der Waals surface area contributed by atoms with E-state index in [4.69, 9.17) is 9.26 Å². The number of benzene rings is 1. The molecule has 20 heavy (non-hydrogen) atoms. The molecule has 0 atom stereocenters. The SMILES string of the molecule is COc1ccc([N+](=O)[O-])c(NCCc2nc(C)no2)c1. The first-order chi connectivity index (χ1) is 9.60. The van der Waals surface area contributed by atoms with Gasteiger partial charge in [0, 0.05) is 25.1 Å². The van der Waals surface area contributed by atoms with Crippen molar-refractivity contribution < 1.29 is 14.2 Å². The lowest BCUT2D eigenvalue weighted by Crippen LogP contribution is -2.07. The predicted molar refractivity (Wildman–Crippen MR) is 70.9 cm³/mol. The minimum Gasteiger partial charge on any atom is -0.497 e. The van der Waals surface area contributed by atoms with E-state index in [0.29, 0.717) is 36.1 Å². The zero-order valence-corrected chi connectivity index (χ0v) is 11.1. The van der Waals surface area contributed by atoms with Crippen LogP contribution in [0.3, 0.4) is 0 Å². The molecule has 0 aliphatic carbocycles. The van der Waals surface area contributed by atoms with Gasteiger partial charge in [-0.2, -0.15) is 4.98 Å². The third-order valence-corrected chi connectivity index (χ3v) is 2.62. The fourth-order valence-electron chi connectivity index (χ4n) is 1.69. The molecule has 0 radical (unpaired) electrons. The second-order valence-corrected chi connectivity index (χ2v) is 4.05. The topological polar surface area (TPSA) is 103 Å². The minimum absolute atomic E-state index is 0.00694. The molecule has 8 heteroatoms. The van der Waals surface area contributed by atoms with E-state index in [1.807, 2.05) is 0 Å². The molecule has 0 spiro atoms. The van der Waals surface area contributed by atoms with E-state index in [2.05, 4.69) is 15.5 Å². The second kappa shape index (κ2) is 6.00. The van der Waals surface area contributed by atoms with E-state index < -0.39 is 4.92 Å². The van der Waals surface area contributed by atoms with Crippen molar-refractivity contribution in [2.24, 2.45) is 0 Å². The Hall–Kier alpha value is -2.64. The van der Waals surface area contributed by atoms with E-state index in [0.717, 1.165) is 0 Å². The van der Waals surface area contributed by atoms with Crippen LogP contribution in [0.25, 0.3) is 0 Å². The minimum atomic E-state index is -0.446. The molecule has 0 unspecified atom stereocenters. The van der Waals surface area contributed by atoms with Crippen molar-refractivity contribution in [3.63, 3.8) is 0 Å². The average Bonchev–Trinajstić information content (AvgIpc) is 2.84. The lowest BCUT2D eigenvalue weighted by molar-refractivity contribution is -0.384. The third-order valence-electron chi connectivity index (χ3n) is 2.62. The van der Waals surface area contributed by atoms with Gasteiger partial charge >= 0.3 is 0 Å². The zero-order chi connectivity index (χ0) is 14.5. The molecule has 0 bridgehead atoms. The molecule has 8 nitrogen and oxygen atoms in total. The van der Waals surface area contributed by atoms with E-state index in [1.165, 1.54) is 13.2 Å². The molecule has 106 valence electrons. The number of nitro benzene ring substituents is 1. The number of anilines is 1. The van der Waals surface area contributed by atoms with Crippen molar-refractivity contribution in [1.82, 2.24) is 10.1 Å². The Morgan fingerprint density at radius 2 is 2.30 bits per heavy atom. The number of hydrogen-bond acceptors (Lipinski definition) is 7. The van der Waals surface area contributed by atoms with Crippen molar-refractivity contribution in [2.45, 2.75) is 13.3 Å². The highest BCUT2D eigenvalue weighted by molar-refractivity contribution is 5.64. The van der Waals surface area contributed by atoms with Gasteiger partial charge < -0.3 is 14.6 Å². The molecule has 2 rings (SSSR count). The largest absolute Gasteiger partial charge is 0.497 e. The summed E-state index contributed by atoms with van der Waals surface area (Å²) in [5.41, 5.74) is 0.387. The number of ether oxygens (including phenoxy) is 1. The van der Waals surface area contributed by atoms with Gasteiger partial charge in [0.2, 0.25) is 5.89 Å². The predicted octanol–water partition coefficient (Wildman–Crippen LogP) is 1.95. The van der Waals surface area contributed by atoms with Crippen molar-refractivity contribution in [2.75, 3.05) is 19.0 Å². The molecule has 1 aromatic carbocycles. The summed E-state index contributed by atoms with van der Waals surface area (Å²) in [4.78, 5) is 14.6. The Bertz CT molecular complexity index is 611. The smallest absolute Gasteiger partial charge is 0.292 e. The number of hydrogen-bond donors (Lipinski definition) is 1. The van der Waals surface area contributed by atoms with Crippen molar-refractivity contribution in [3.05, 3.63) is 40.0 Å². The maximum Gasteiger partial charge on any atom is 0.292 e. The highest BCUT2D eigenvalue weighted by atomic mass is 16.6. The Morgan fingerprint density at radius 3 is 2.90 bits per heavy atom. The van der Waals surface area contributed by atoms with Crippen LogP contribution in [0.4, 0.5) is 11.4 Å². The van der Waals surface area contributed by atoms with Gasteiger partial charge in [-0.05, 0) is 13.0 Å². The molecule has 0 saturated heterocycles. The number of aryl methyl sites for hydroxylation is 1. The monoisotopic (exact) mass is 278 g/mol. The summed E-state index contributed by atoms with van der Waals surface area (Å²) in [5, 5.41) is 17.6. The van der Waals surface area contributed by atoms with E-state index in [-0.39, 0.29) is 5.69 Å². The summed E-state index contributed by atoms with van der Waals surface area (Å²) in [6, 6.07) is 4.53. The second-order valence-electron chi connectivity index (χ2n) is 4.05. The van der Waals surface area contributed by atoms with Crippen LogP contribution < -0.4 is 10.1 Å². The molecule has 0 fully saturated rings. The molecule has 0 saturated carbocycles. The summed E-state index contributed by atoms with van der Waals surface area (Å²) in [7, 11) is 1.51. The summed E-state index contributed by atoms with van der Waals surface area (Å²) < 4.78 is 10.0. The highest BCUT2D eigenvalue weighted by Crippen LogP contribution is 2.28. The Balaban J connectivity index is 2.05. The molecule has 0 aliphatic heterocycles. The molecule has 0 aliphatic rings. The summed E-state index contributed by atoms with van der Waals surface area (Å²) in [6.45, 7) is 2.17. The molecule has 1 N–H and O–H groups in total. The van der Waals surface area contributed by atoms with Crippen LogP contribution in [0.2, 0.25) is 0 Å². The highest BCUT2D eigenvalue weighted by Gasteiger charge is 2.14. The van der Waals surface area contributed by atoms with Crippen LogP contribution in [0.15, 0.2) is 22.7 Å². The van der Waals surface area contributed by atoms with Crippen LogP contribution in [0.5, 0.6) is 5.75 Å². The first-order valence-electron chi connectivity index (χ1n) is 5.95. The number of methoxy groups -OCH3 is 1. The first-order valence-corrected chi connectivity index (χ1v) is 5.95. The standard InChI is InChI=1S/C12H14N4O4/c1-8-14-12(20-15-8)5-6-13-10-7-9(19-2)3-4-11(10)16(17)18/h3-4,7,13H,5-6H2,1-2H3. The van der Waals surface area contributed by atoms with Crippen molar-refractivity contribution in [1.29, 1.82) is 0 Å². The molecule has 0 amide bonds. The number of nitrogens with one attached hydrogen (secondary N) is 1. The van der Waals surface area contributed by atoms with Crippen molar-refractivity contribution in [3.8, 4) is 5.75 Å². The van der Waals surface area contributed by atoms with Crippen LogP contribution in [0.1, 0.15) is 11.7 Å². The van der Waals surface area contributed by atoms with Crippen LogP contribution in [-0.4, -0.2) is 28.7 Å². The quantitative estimate of drug-likeness (QED) is 0.636. The molecule has 1 heterocycles. The van der Waals surface area contributed by atoms with Crippen LogP contribution >= 0.6 is 0 Å². The van der Waals surface area contributed by atoms with E-state index in [1.54, 1.807) is 19.1 Å². The number of rotatable bonds is 6. The van der Waals surface area contributed by atoms with Gasteiger partial charge in [-0.1, -0.05) is 5.16 Å². The van der Waals surface area contributed by atoms with Gasteiger partial charge in [-0.25, -0.2) is 0 Å². The Kier molecular flexibility index (Phi) is 4.14. The van der Waals surface area contributed by atoms with Gasteiger partial charge in [0.25, 0.3) is 5.69 Å². The number of nitro groups is 1. The summed E-state index contributed by atoms with van der Waals surface area (Å²) in [6.07, 6.45) is 0.481. The van der Waals surface area contributed by atoms with Crippen LogP contribution in [-0.2, 0) is 6.42 Å². The first kappa shape index (κ1) is 13.8. The van der Waals surface area contributed by atoms with Gasteiger partial charge in [0.1, 0.15) is 11.4 Å². The van der Waals surface area contributed by atoms with Gasteiger partial charge in [-0.3, -0.25) is 10.1 Å². The summed E-state index contributed by atoms with van der Waals surface area (Å²) >= 11 is 0. The van der Waals surface area contributed by atoms with Gasteiger partial charge in [0.05, 0.1) is 12.0 Å². The Morgan fingerprint density at radius 1 is 1.50 bits per heavy atom. The Labute approximate surface area is 114 Å². The molecular weight excluding hydrogens is 264 g/mol. The van der Waals surface area contributed by atoms with Crippen molar-refractivity contribution >= 4 is 11.4 Å². The maximum absolute atomic E-state index is 10.9. The maximum atomic E-state index is 10.9. The fraction of sp³-hybridized carbons (Fsp3) is 0.333. The molecule has 1 aromatic heterocycles. The van der Waals surface area contributed by atoms with Gasteiger partial charge in [0.15, 0.2) is 5.82 Å². The number of nitrogens with zero attached hydrogens (tertiary/aromatic N) is 3. The van der Waals surface area contributed by atoms with E-state index >= 15 is 0 Å². The average molecular weight is 278 g/mol. The molecular formula is C12H14N4O4. The molecule has 2 aromatic rings. The lowest BCUT2D eigenvalue weighted by atomic mass is 10.2. The summed E-state index contributed by atoms with van der Waals surface area (Å²) in [5.74, 6) is 1.60. The van der Waals surface area contributed by atoms with Crippen LogP contribution in [0, 0.1) is 17.0 Å². The normalized spacial score (nSPS) is 10.3.